The quantitative estimate of drug-likeness (QED) is 0.189. The van der Waals surface area contributed by atoms with Crippen molar-refractivity contribution in [2.45, 2.75) is 60.6 Å². The Balaban J connectivity index is 1.67. The Morgan fingerprint density at radius 3 is 2.39 bits per heavy atom. The number of ether oxygens (including phenoxy) is 1. The summed E-state index contributed by atoms with van der Waals surface area (Å²) >= 11 is 0. The Morgan fingerprint density at radius 1 is 1.16 bits per heavy atom. The number of hydrogen-bond acceptors (Lipinski definition) is 7. The highest BCUT2D eigenvalue weighted by Gasteiger charge is 2.64. The van der Waals surface area contributed by atoms with E-state index >= 15 is 4.39 Å². The van der Waals surface area contributed by atoms with Gasteiger partial charge in [-0.05, 0) is 54.5 Å². The van der Waals surface area contributed by atoms with Crippen LogP contribution in [0, 0.1) is 5.82 Å². The molecule has 9 nitrogen and oxygen atoms in total. The molecular formula is C28H41B6FN4O5. The fourth-order valence-electron chi connectivity index (χ4n) is 7.04. The molecule has 4 unspecified atom stereocenters. The number of aldehydes is 1. The minimum atomic E-state index is -1.97. The lowest BCUT2D eigenvalue weighted by atomic mass is 9.33. The van der Waals surface area contributed by atoms with E-state index in [0.717, 1.165) is 18.7 Å². The Morgan fingerprint density at radius 2 is 1.80 bits per heavy atom. The molecule has 0 spiro atoms. The number of rotatable bonds is 10. The molecule has 0 saturated carbocycles. The predicted molar refractivity (Wildman–Crippen MR) is 185 cm³/mol. The summed E-state index contributed by atoms with van der Waals surface area (Å²) in [5.41, 5.74) is -0.753. The van der Waals surface area contributed by atoms with Crippen LogP contribution in [0.4, 0.5) is 10.1 Å². The maximum Gasteiger partial charge on any atom is 0.254 e. The maximum absolute atomic E-state index is 15.0. The third kappa shape index (κ3) is 5.65. The van der Waals surface area contributed by atoms with E-state index in [1.807, 2.05) is 12.1 Å². The zero-order chi connectivity index (χ0) is 32.8. The van der Waals surface area contributed by atoms with Crippen LogP contribution in [0.25, 0.3) is 0 Å². The van der Waals surface area contributed by atoms with Crippen LogP contribution in [0.2, 0.25) is 5.21 Å². The van der Waals surface area contributed by atoms with Gasteiger partial charge >= 0.3 is 0 Å². The third-order valence-corrected chi connectivity index (χ3v) is 9.76. The molecule has 0 aliphatic carbocycles. The average molecular weight is 598 g/mol. The number of amides is 2. The van der Waals surface area contributed by atoms with Crippen molar-refractivity contribution in [3.05, 3.63) is 64.5 Å². The molecule has 1 fully saturated rings. The SMILES string of the molecule is BC1(B)c2c(NCc3cc(CN4CC(C)OC(C)C4)ccc3F)cccc2C(=O)N1C(B)(C(=O)NC)C(B)(O)C(B)(B)C=O. The molecule has 4 rings (SSSR count). The molecule has 0 bridgehead atoms. The lowest BCUT2D eigenvalue weighted by molar-refractivity contribution is -0.137. The normalized spacial score (nSPS) is 22.8. The Hall–Kier alpha value is -2.95. The van der Waals surface area contributed by atoms with Crippen LogP contribution in [-0.4, -0.2) is 123 Å². The van der Waals surface area contributed by atoms with E-state index in [4.69, 9.17) is 4.74 Å². The molecule has 0 radical (unpaired) electrons. The number of carbonyl (C=O) groups is 3. The van der Waals surface area contributed by atoms with Crippen molar-refractivity contribution in [3.63, 3.8) is 0 Å². The highest BCUT2D eigenvalue weighted by Crippen LogP contribution is 2.48. The second-order valence-corrected chi connectivity index (χ2v) is 13.7. The van der Waals surface area contributed by atoms with Crippen LogP contribution in [0.1, 0.15) is 40.9 Å². The molecule has 228 valence electrons. The van der Waals surface area contributed by atoms with Gasteiger partial charge in [-0.2, -0.15) is 0 Å². The molecule has 2 aromatic rings. The summed E-state index contributed by atoms with van der Waals surface area (Å²) in [7, 11) is 11.0. The minimum Gasteiger partial charge on any atom is -0.397 e. The lowest BCUT2D eigenvalue weighted by Crippen LogP contribution is -2.78. The van der Waals surface area contributed by atoms with Crippen LogP contribution >= 0.6 is 0 Å². The molecular weight excluding hydrogens is 556 g/mol. The van der Waals surface area contributed by atoms with Crippen LogP contribution < -0.4 is 10.6 Å². The smallest absolute Gasteiger partial charge is 0.254 e. The number of halogens is 1. The summed E-state index contributed by atoms with van der Waals surface area (Å²) in [5, 5.41) is 15.4. The zero-order valence-electron chi connectivity index (χ0n) is 27.4. The standard InChI is InChI=1S/C28H41B6FN4O5/c1-15-11-38(12-16(2)44-15)13-17-7-8-20(35)18(9-17)10-37-21-6-4-5-19-22(21)27(32,33)39(23(19)41)26(31,24(42)36-3)28(34,43)25(29,30)14-40/h4-9,14-16,37,43H,10-13,29-34H2,1-3H3,(H,36,42). The number of nitrogens with one attached hydrogen (secondary N) is 2. The van der Waals surface area contributed by atoms with Crippen molar-refractivity contribution in [2.75, 3.05) is 25.5 Å². The molecule has 2 aliphatic rings. The van der Waals surface area contributed by atoms with Gasteiger partial charge in [0, 0.05) is 55.4 Å². The molecule has 2 amide bonds. The van der Waals surface area contributed by atoms with Gasteiger partial charge in [0.25, 0.3) is 5.91 Å². The van der Waals surface area contributed by atoms with E-state index in [9.17, 15) is 19.5 Å². The monoisotopic (exact) mass is 598 g/mol. The largest absolute Gasteiger partial charge is 0.397 e. The summed E-state index contributed by atoms with van der Waals surface area (Å²) < 4.78 is 20.9. The highest BCUT2D eigenvalue weighted by atomic mass is 19.1. The predicted octanol–water partition coefficient (Wildman–Crippen LogP) is -4.14. The highest BCUT2D eigenvalue weighted by molar-refractivity contribution is 6.55. The van der Waals surface area contributed by atoms with E-state index in [1.165, 1.54) is 49.4 Å². The molecule has 2 aromatic carbocycles. The number of carbonyl (C=O) groups excluding carboxylic acids is 3. The van der Waals surface area contributed by atoms with Crippen molar-refractivity contribution in [1.82, 2.24) is 15.1 Å². The molecule has 0 aromatic heterocycles. The van der Waals surface area contributed by atoms with Gasteiger partial charge in [0.05, 0.1) is 17.7 Å². The van der Waals surface area contributed by atoms with Crippen LogP contribution in [0.5, 0.6) is 0 Å². The summed E-state index contributed by atoms with van der Waals surface area (Å²) in [4.78, 5) is 43.6. The first-order chi connectivity index (χ1) is 20.4. The average Bonchev–Trinajstić information content (AvgIpc) is 3.16. The van der Waals surface area contributed by atoms with Gasteiger partial charge in [-0.1, -0.05) is 12.1 Å². The summed E-state index contributed by atoms with van der Waals surface area (Å²) in [6, 6.07) is 10.4. The van der Waals surface area contributed by atoms with Crippen LogP contribution in [0.15, 0.2) is 36.4 Å². The van der Waals surface area contributed by atoms with Gasteiger partial charge in [0.15, 0.2) is 0 Å². The second kappa shape index (κ2) is 12.1. The Bertz CT molecular complexity index is 1450. The molecule has 2 heterocycles. The van der Waals surface area contributed by atoms with Crippen molar-refractivity contribution in [2.24, 2.45) is 0 Å². The zero-order valence-corrected chi connectivity index (χ0v) is 27.4. The van der Waals surface area contributed by atoms with Crippen molar-refractivity contribution in [1.29, 1.82) is 0 Å². The van der Waals surface area contributed by atoms with E-state index in [-0.39, 0.29) is 24.6 Å². The van der Waals surface area contributed by atoms with E-state index in [2.05, 4.69) is 29.4 Å². The van der Waals surface area contributed by atoms with Gasteiger partial charge in [0.1, 0.15) is 64.6 Å². The number of anilines is 1. The van der Waals surface area contributed by atoms with Gasteiger partial charge in [-0.15, -0.1) is 0 Å². The topological polar surface area (TPSA) is 111 Å². The molecule has 1 saturated heterocycles. The summed E-state index contributed by atoms with van der Waals surface area (Å²) in [6.45, 7) is 6.55. The first-order valence-electron chi connectivity index (χ1n) is 15.2. The van der Waals surface area contributed by atoms with E-state index in [1.54, 1.807) is 33.9 Å². The Labute approximate surface area is 264 Å². The van der Waals surface area contributed by atoms with Gasteiger partial charge in [-0.3, -0.25) is 14.5 Å². The third-order valence-electron chi connectivity index (χ3n) is 9.76. The van der Waals surface area contributed by atoms with E-state index < -0.39 is 33.3 Å². The minimum absolute atomic E-state index is 0.129. The summed E-state index contributed by atoms with van der Waals surface area (Å²) in [6.07, 6.45) is 0.860. The van der Waals surface area contributed by atoms with Crippen molar-refractivity contribution >= 4 is 70.9 Å². The van der Waals surface area contributed by atoms with Crippen LogP contribution in [0.3, 0.4) is 0 Å². The van der Waals surface area contributed by atoms with Crippen LogP contribution in [-0.2, 0) is 32.8 Å². The van der Waals surface area contributed by atoms with Gasteiger partial charge in [-0.25, -0.2) is 4.39 Å². The number of morpholine rings is 1. The number of aliphatic hydroxyl groups is 1. The molecule has 16 heteroatoms. The maximum atomic E-state index is 15.0. The van der Waals surface area contributed by atoms with Gasteiger partial charge in [0.2, 0.25) is 5.91 Å². The molecule has 4 atom stereocenters. The molecule has 44 heavy (non-hydrogen) atoms. The van der Waals surface area contributed by atoms with Crippen molar-refractivity contribution < 1.29 is 28.6 Å². The van der Waals surface area contributed by atoms with Crippen molar-refractivity contribution in [3.8, 4) is 0 Å². The first kappa shape index (κ1) is 33.9. The second-order valence-electron chi connectivity index (χ2n) is 13.7. The fourth-order valence-corrected chi connectivity index (χ4v) is 7.04. The lowest BCUT2D eigenvalue weighted by Gasteiger charge is -2.57. The van der Waals surface area contributed by atoms with E-state index in [0.29, 0.717) is 35.2 Å². The fraction of sp³-hybridized carbons (Fsp3) is 0.464. The Kier molecular flexibility index (Phi) is 9.33. The molecule has 2 aliphatic heterocycles. The number of fused-ring (bicyclic) bond motifs is 1. The number of nitrogens with zero attached hydrogens (tertiary/aromatic N) is 2. The number of benzene rings is 2. The molecule has 3 N–H and O–H groups in total. The summed E-state index contributed by atoms with van der Waals surface area (Å²) in [5.74, 6) is -1.40. The van der Waals surface area contributed by atoms with Gasteiger partial charge < -0.3 is 30.2 Å². The number of hydrogen-bond donors (Lipinski definition) is 3. The number of likely N-dealkylation sites (N-methyl/N-ethyl adjacent to an activating group) is 1. The first-order valence-corrected chi connectivity index (χ1v) is 15.2.